The maximum absolute atomic E-state index is 13.1. The molecule has 0 aromatic heterocycles. The van der Waals surface area contributed by atoms with Gasteiger partial charge in [-0.25, -0.2) is 14.5 Å². The highest BCUT2D eigenvalue weighted by Gasteiger charge is 2.37. The summed E-state index contributed by atoms with van der Waals surface area (Å²) in [6.07, 6.45) is 1.35. The van der Waals surface area contributed by atoms with E-state index in [1.807, 2.05) is 13.0 Å². The van der Waals surface area contributed by atoms with Gasteiger partial charge >= 0.3 is 12.0 Å². The molecular formula is C27H22N2O6. The predicted molar refractivity (Wildman–Crippen MR) is 129 cm³/mol. The first kappa shape index (κ1) is 23.4. The molecule has 4 amide bonds. The molecule has 1 aliphatic rings. The minimum atomic E-state index is -0.817. The fourth-order valence-electron chi connectivity index (χ4n) is 3.65. The highest BCUT2D eigenvalue weighted by atomic mass is 16.6. The Bertz CT molecular complexity index is 1390. The molecule has 0 aliphatic carbocycles. The molecule has 0 spiro atoms. The second kappa shape index (κ2) is 9.64. The molecule has 0 radical (unpaired) electrons. The molecule has 0 atom stereocenters. The van der Waals surface area contributed by atoms with E-state index >= 15 is 0 Å². The molecule has 1 aliphatic heterocycles. The number of nitrogens with one attached hydrogen (secondary N) is 1. The number of methoxy groups -OCH3 is 1. The van der Waals surface area contributed by atoms with E-state index in [1.165, 1.54) is 25.3 Å². The Balaban J connectivity index is 1.64. The minimum Gasteiger partial charge on any atom is -0.493 e. The van der Waals surface area contributed by atoms with Gasteiger partial charge in [-0.05, 0) is 61.4 Å². The van der Waals surface area contributed by atoms with Crippen LogP contribution in [0.3, 0.4) is 0 Å². The summed E-state index contributed by atoms with van der Waals surface area (Å²) in [5.74, 6) is -1.69. The number of hydrogen-bond acceptors (Lipinski definition) is 6. The summed E-state index contributed by atoms with van der Waals surface area (Å²) in [6.45, 7) is 3.63. The topological polar surface area (TPSA) is 102 Å². The van der Waals surface area contributed by atoms with Crippen molar-refractivity contribution in [3.63, 3.8) is 0 Å². The van der Waals surface area contributed by atoms with E-state index in [4.69, 9.17) is 9.47 Å². The average molecular weight is 470 g/mol. The highest BCUT2D eigenvalue weighted by Crippen LogP contribution is 2.31. The largest absolute Gasteiger partial charge is 0.493 e. The number of carbonyl (C=O) groups excluding carboxylic acids is 4. The summed E-state index contributed by atoms with van der Waals surface area (Å²) >= 11 is 0. The number of urea groups is 1. The molecule has 8 heteroatoms. The van der Waals surface area contributed by atoms with Crippen LogP contribution in [0.25, 0.3) is 6.08 Å². The number of amides is 4. The van der Waals surface area contributed by atoms with Crippen molar-refractivity contribution < 1.29 is 28.7 Å². The summed E-state index contributed by atoms with van der Waals surface area (Å²) in [4.78, 5) is 51.5. The number of anilines is 1. The number of imide groups is 2. The molecule has 35 heavy (non-hydrogen) atoms. The number of hydrogen-bond donors (Lipinski definition) is 1. The van der Waals surface area contributed by atoms with Crippen LogP contribution in [0.1, 0.15) is 27.0 Å². The maximum Gasteiger partial charge on any atom is 0.343 e. The fraction of sp³-hybridized carbons (Fsp3) is 0.111. The number of aryl methyl sites for hydroxylation is 2. The Morgan fingerprint density at radius 3 is 2.40 bits per heavy atom. The van der Waals surface area contributed by atoms with Crippen molar-refractivity contribution in [2.24, 2.45) is 0 Å². The fourth-order valence-corrected chi connectivity index (χ4v) is 3.65. The van der Waals surface area contributed by atoms with Crippen molar-refractivity contribution in [2.45, 2.75) is 13.8 Å². The van der Waals surface area contributed by atoms with Crippen molar-refractivity contribution in [1.82, 2.24) is 5.32 Å². The molecule has 3 aromatic carbocycles. The van der Waals surface area contributed by atoms with Gasteiger partial charge in [-0.1, -0.05) is 42.0 Å². The van der Waals surface area contributed by atoms with Gasteiger partial charge in [0.2, 0.25) is 0 Å². The van der Waals surface area contributed by atoms with Crippen LogP contribution in [0.15, 0.2) is 72.3 Å². The van der Waals surface area contributed by atoms with Gasteiger partial charge in [0.25, 0.3) is 11.8 Å². The van der Waals surface area contributed by atoms with Crippen LogP contribution in [-0.2, 0) is 9.59 Å². The number of para-hydroxylation sites is 1. The smallest absolute Gasteiger partial charge is 0.343 e. The molecule has 8 nitrogen and oxygen atoms in total. The van der Waals surface area contributed by atoms with Crippen LogP contribution in [0.5, 0.6) is 11.5 Å². The quantitative estimate of drug-likeness (QED) is 0.260. The number of nitrogens with zero attached hydrogens (tertiary/aromatic N) is 1. The first-order valence-corrected chi connectivity index (χ1v) is 10.7. The molecule has 1 N–H and O–H groups in total. The summed E-state index contributed by atoms with van der Waals surface area (Å²) in [6, 6.07) is 17.7. The van der Waals surface area contributed by atoms with Gasteiger partial charge in [0.15, 0.2) is 11.5 Å². The third kappa shape index (κ3) is 4.81. The van der Waals surface area contributed by atoms with Gasteiger partial charge < -0.3 is 9.47 Å². The van der Waals surface area contributed by atoms with Crippen LogP contribution < -0.4 is 19.7 Å². The Morgan fingerprint density at radius 2 is 1.69 bits per heavy atom. The Labute approximate surface area is 201 Å². The lowest BCUT2D eigenvalue weighted by atomic mass is 10.1. The minimum absolute atomic E-state index is 0.178. The molecule has 1 heterocycles. The normalized spacial score (nSPS) is 14.7. The maximum atomic E-state index is 13.1. The van der Waals surface area contributed by atoms with Crippen molar-refractivity contribution >= 4 is 35.6 Å². The second-order valence-electron chi connectivity index (χ2n) is 7.91. The van der Waals surface area contributed by atoms with Crippen molar-refractivity contribution in [1.29, 1.82) is 0 Å². The summed E-state index contributed by atoms with van der Waals surface area (Å²) < 4.78 is 10.8. The zero-order valence-corrected chi connectivity index (χ0v) is 19.3. The molecule has 0 saturated carbocycles. The van der Waals surface area contributed by atoms with Gasteiger partial charge in [-0.2, -0.15) is 0 Å². The molecular weight excluding hydrogens is 448 g/mol. The number of benzene rings is 3. The van der Waals surface area contributed by atoms with Crippen LogP contribution >= 0.6 is 0 Å². The van der Waals surface area contributed by atoms with E-state index in [2.05, 4.69) is 5.32 Å². The lowest BCUT2D eigenvalue weighted by molar-refractivity contribution is -0.122. The number of ether oxygens (including phenoxy) is 2. The Hall–Kier alpha value is -4.72. The van der Waals surface area contributed by atoms with E-state index in [1.54, 1.807) is 55.5 Å². The number of esters is 1. The van der Waals surface area contributed by atoms with Crippen molar-refractivity contribution in [2.75, 3.05) is 12.0 Å². The van der Waals surface area contributed by atoms with Gasteiger partial charge in [-0.15, -0.1) is 0 Å². The Morgan fingerprint density at radius 1 is 0.914 bits per heavy atom. The second-order valence-corrected chi connectivity index (χ2v) is 7.91. The van der Waals surface area contributed by atoms with Crippen molar-refractivity contribution in [3.8, 4) is 11.5 Å². The molecule has 1 saturated heterocycles. The molecule has 4 rings (SSSR count). The van der Waals surface area contributed by atoms with Gasteiger partial charge in [0, 0.05) is 0 Å². The van der Waals surface area contributed by atoms with E-state index in [-0.39, 0.29) is 17.1 Å². The molecule has 0 bridgehead atoms. The molecule has 176 valence electrons. The van der Waals surface area contributed by atoms with E-state index < -0.39 is 23.8 Å². The predicted octanol–water partition coefficient (Wildman–Crippen LogP) is 4.20. The Kier molecular flexibility index (Phi) is 6.46. The summed E-state index contributed by atoms with van der Waals surface area (Å²) in [5, 5.41) is 2.20. The third-order valence-electron chi connectivity index (χ3n) is 5.41. The number of carbonyl (C=O) groups is 4. The number of rotatable bonds is 5. The first-order chi connectivity index (χ1) is 16.8. The monoisotopic (exact) mass is 470 g/mol. The molecule has 1 fully saturated rings. The van der Waals surface area contributed by atoms with Crippen LogP contribution in [0, 0.1) is 13.8 Å². The van der Waals surface area contributed by atoms with Crippen molar-refractivity contribution in [3.05, 3.63) is 94.6 Å². The highest BCUT2D eigenvalue weighted by molar-refractivity contribution is 6.39. The van der Waals surface area contributed by atoms with E-state index in [0.717, 1.165) is 10.5 Å². The first-order valence-electron chi connectivity index (χ1n) is 10.7. The van der Waals surface area contributed by atoms with Gasteiger partial charge in [0.05, 0.1) is 18.4 Å². The summed E-state index contributed by atoms with van der Waals surface area (Å²) in [7, 11) is 1.41. The molecule has 3 aromatic rings. The lowest BCUT2D eigenvalue weighted by Crippen LogP contribution is -2.54. The third-order valence-corrected chi connectivity index (χ3v) is 5.41. The van der Waals surface area contributed by atoms with Crippen LogP contribution in [0.2, 0.25) is 0 Å². The lowest BCUT2D eigenvalue weighted by Gasteiger charge is -2.27. The van der Waals surface area contributed by atoms with E-state index in [0.29, 0.717) is 22.4 Å². The van der Waals surface area contributed by atoms with Crippen LogP contribution in [-0.4, -0.2) is 30.9 Å². The van der Waals surface area contributed by atoms with Crippen LogP contribution in [0.4, 0.5) is 10.5 Å². The zero-order chi connectivity index (χ0) is 25.1. The standard InChI is InChI=1S/C27H22N2O6/c1-16-7-6-9-19(13-16)26(32)35-22-12-11-18(15-23(22)34-3)14-20-24(30)28-27(33)29(25(20)31)21-10-5-4-8-17(21)2/h4-15H,1-3H3,(H,28,30,33)/b20-14+. The SMILES string of the molecule is COc1cc(/C=C2\C(=O)NC(=O)N(c3ccccc3C)C2=O)ccc1OC(=O)c1cccc(C)c1. The average Bonchev–Trinajstić information content (AvgIpc) is 2.83. The number of barbiturate groups is 1. The van der Waals surface area contributed by atoms with Gasteiger partial charge in [-0.3, -0.25) is 14.9 Å². The van der Waals surface area contributed by atoms with Gasteiger partial charge in [0.1, 0.15) is 5.57 Å². The summed E-state index contributed by atoms with van der Waals surface area (Å²) in [5.41, 5.74) is 2.61. The zero-order valence-electron chi connectivity index (χ0n) is 19.3. The molecule has 0 unspecified atom stereocenters. The van der Waals surface area contributed by atoms with E-state index in [9.17, 15) is 19.2 Å².